The van der Waals surface area contributed by atoms with Gasteiger partial charge in [-0.15, -0.1) is 0 Å². The van der Waals surface area contributed by atoms with E-state index in [1.54, 1.807) is 18.9 Å². The number of amides is 1. The van der Waals surface area contributed by atoms with Gasteiger partial charge < -0.3 is 14.5 Å². The molecule has 1 saturated heterocycles. The van der Waals surface area contributed by atoms with Gasteiger partial charge in [0.15, 0.2) is 0 Å². The van der Waals surface area contributed by atoms with E-state index in [-0.39, 0.29) is 12.0 Å². The predicted octanol–water partition coefficient (Wildman–Crippen LogP) is 0.575. The van der Waals surface area contributed by atoms with E-state index in [0.29, 0.717) is 0 Å². The van der Waals surface area contributed by atoms with Crippen LogP contribution in [0.5, 0.6) is 0 Å². The lowest BCUT2D eigenvalue weighted by atomic mass is 10.3. The number of hydrogen-bond donors (Lipinski definition) is 0. The number of ether oxygens (including phenoxy) is 1. The van der Waals surface area contributed by atoms with E-state index < -0.39 is 0 Å². The number of methoxy groups -OCH3 is 1. The number of rotatable bonds is 5. The van der Waals surface area contributed by atoms with Gasteiger partial charge in [0, 0.05) is 27.2 Å². The maximum absolute atomic E-state index is 11.7. The lowest BCUT2D eigenvalue weighted by molar-refractivity contribution is -0.139. The highest BCUT2D eigenvalue weighted by molar-refractivity contribution is 5.80. The monoisotopic (exact) mass is 214 g/mol. The van der Waals surface area contributed by atoms with Crippen LogP contribution >= 0.6 is 0 Å². The van der Waals surface area contributed by atoms with Crippen molar-refractivity contribution in [3.05, 3.63) is 0 Å². The van der Waals surface area contributed by atoms with Crippen molar-refractivity contribution in [1.82, 2.24) is 9.80 Å². The molecule has 1 atom stereocenters. The number of carbonyl (C=O) groups excluding carboxylic acids is 1. The summed E-state index contributed by atoms with van der Waals surface area (Å²) >= 11 is 0. The smallest absolute Gasteiger partial charge is 0.251 e. The van der Waals surface area contributed by atoms with Gasteiger partial charge in [0.25, 0.3) is 5.91 Å². The van der Waals surface area contributed by atoms with Crippen LogP contribution in [0.3, 0.4) is 0 Å². The maximum Gasteiger partial charge on any atom is 0.251 e. The van der Waals surface area contributed by atoms with Crippen molar-refractivity contribution >= 4 is 5.91 Å². The van der Waals surface area contributed by atoms with Crippen LogP contribution in [-0.2, 0) is 9.53 Å². The maximum atomic E-state index is 11.7. The van der Waals surface area contributed by atoms with Crippen molar-refractivity contribution < 1.29 is 9.53 Å². The van der Waals surface area contributed by atoms with Gasteiger partial charge in [0.1, 0.15) is 6.10 Å². The summed E-state index contributed by atoms with van der Waals surface area (Å²) in [6, 6.07) is 0. The Morgan fingerprint density at radius 2 is 2.07 bits per heavy atom. The molecule has 0 saturated carbocycles. The zero-order chi connectivity index (χ0) is 11.3. The van der Waals surface area contributed by atoms with Gasteiger partial charge in [-0.05, 0) is 32.9 Å². The molecule has 0 aliphatic carbocycles. The fourth-order valence-electron chi connectivity index (χ4n) is 1.82. The average Bonchev–Trinajstić information content (AvgIpc) is 2.76. The molecule has 1 unspecified atom stereocenters. The molecule has 0 aromatic carbocycles. The van der Waals surface area contributed by atoms with Crippen LogP contribution < -0.4 is 0 Å². The minimum absolute atomic E-state index is 0.0664. The first kappa shape index (κ1) is 12.5. The number of hydrogen-bond acceptors (Lipinski definition) is 3. The molecule has 0 N–H and O–H groups in total. The zero-order valence-electron chi connectivity index (χ0n) is 10.0. The molecule has 0 bridgehead atoms. The van der Waals surface area contributed by atoms with Gasteiger partial charge in [-0.3, -0.25) is 4.79 Å². The van der Waals surface area contributed by atoms with Gasteiger partial charge in [0.2, 0.25) is 0 Å². The summed E-state index contributed by atoms with van der Waals surface area (Å²) < 4.78 is 5.00. The van der Waals surface area contributed by atoms with Gasteiger partial charge >= 0.3 is 0 Å². The highest BCUT2D eigenvalue weighted by Crippen LogP contribution is 2.06. The minimum Gasteiger partial charge on any atom is -0.372 e. The summed E-state index contributed by atoms with van der Waals surface area (Å²) in [7, 11) is 3.41. The summed E-state index contributed by atoms with van der Waals surface area (Å²) in [6.45, 7) is 5.93. The molecule has 4 heteroatoms. The van der Waals surface area contributed by atoms with Crippen molar-refractivity contribution in [2.24, 2.45) is 0 Å². The minimum atomic E-state index is -0.325. The van der Waals surface area contributed by atoms with Gasteiger partial charge in [0.05, 0.1) is 0 Å². The first-order valence-corrected chi connectivity index (χ1v) is 5.65. The molecule has 1 fully saturated rings. The van der Waals surface area contributed by atoms with E-state index in [2.05, 4.69) is 4.90 Å². The molecule has 1 heterocycles. The van der Waals surface area contributed by atoms with Crippen molar-refractivity contribution in [2.75, 3.05) is 40.3 Å². The Balaban J connectivity index is 2.22. The Hall–Kier alpha value is -0.610. The Morgan fingerprint density at radius 3 is 2.60 bits per heavy atom. The van der Waals surface area contributed by atoms with Crippen molar-refractivity contribution in [3.63, 3.8) is 0 Å². The third-order valence-electron chi connectivity index (χ3n) is 3.03. The van der Waals surface area contributed by atoms with E-state index in [1.165, 1.54) is 25.9 Å². The second-order valence-corrected chi connectivity index (χ2v) is 4.19. The Morgan fingerprint density at radius 1 is 1.47 bits per heavy atom. The highest BCUT2D eigenvalue weighted by Gasteiger charge is 2.18. The highest BCUT2D eigenvalue weighted by atomic mass is 16.5. The third-order valence-corrected chi connectivity index (χ3v) is 3.03. The SMILES string of the molecule is COC(C)C(=O)N(C)CCN1CCCC1. The van der Waals surface area contributed by atoms with E-state index >= 15 is 0 Å². The predicted molar refractivity (Wildman–Crippen MR) is 59.8 cm³/mol. The number of nitrogens with zero attached hydrogens (tertiary/aromatic N) is 2. The lowest BCUT2D eigenvalue weighted by Crippen LogP contribution is -2.40. The number of likely N-dealkylation sites (N-methyl/N-ethyl adjacent to an activating group) is 1. The van der Waals surface area contributed by atoms with Gasteiger partial charge in [-0.1, -0.05) is 0 Å². The Labute approximate surface area is 92.2 Å². The van der Waals surface area contributed by atoms with Crippen LogP contribution in [0.25, 0.3) is 0 Å². The molecule has 0 aromatic heterocycles. The topological polar surface area (TPSA) is 32.8 Å². The fourth-order valence-corrected chi connectivity index (χ4v) is 1.82. The second-order valence-electron chi connectivity index (χ2n) is 4.19. The molecule has 0 aromatic rings. The largest absolute Gasteiger partial charge is 0.372 e. The van der Waals surface area contributed by atoms with Gasteiger partial charge in [-0.2, -0.15) is 0 Å². The normalized spacial score (nSPS) is 19.1. The molecule has 1 rings (SSSR count). The van der Waals surface area contributed by atoms with E-state index in [9.17, 15) is 4.79 Å². The van der Waals surface area contributed by atoms with Gasteiger partial charge in [-0.25, -0.2) is 0 Å². The second kappa shape index (κ2) is 6.08. The fraction of sp³-hybridized carbons (Fsp3) is 0.909. The molecular formula is C11H22N2O2. The first-order chi connectivity index (χ1) is 7.15. The zero-order valence-corrected chi connectivity index (χ0v) is 10.0. The quantitative estimate of drug-likeness (QED) is 0.671. The van der Waals surface area contributed by atoms with Crippen LogP contribution in [0.4, 0.5) is 0 Å². The van der Waals surface area contributed by atoms with E-state index in [4.69, 9.17) is 4.74 Å². The first-order valence-electron chi connectivity index (χ1n) is 5.65. The van der Waals surface area contributed by atoms with Crippen molar-refractivity contribution in [2.45, 2.75) is 25.9 Å². The standard InChI is InChI=1S/C11H22N2O2/c1-10(15-3)11(14)12(2)8-9-13-6-4-5-7-13/h10H,4-9H2,1-3H3. The van der Waals surface area contributed by atoms with Crippen LogP contribution in [0.2, 0.25) is 0 Å². The lowest BCUT2D eigenvalue weighted by Gasteiger charge is -2.23. The third kappa shape index (κ3) is 3.80. The van der Waals surface area contributed by atoms with E-state index in [1.807, 2.05) is 7.05 Å². The van der Waals surface area contributed by atoms with Crippen LogP contribution in [0.15, 0.2) is 0 Å². The summed E-state index contributed by atoms with van der Waals surface area (Å²) in [4.78, 5) is 15.8. The summed E-state index contributed by atoms with van der Waals surface area (Å²) in [5.74, 6) is 0.0664. The molecule has 1 aliphatic rings. The molecule has 15 heavy (non-hydrogen) atoms. The van der Waals surface area contributed by atoms with Crippen LogP contribution in [0, 0.1) is 0 Å². The molecule has 88 valence electrons. The molecule has 1 amide bonds. The van der Waals surface area contributed by atoms with Crippen molar-refractivity contribution in [1.29, 1.82) is 0 Å². The Bertz CT molecular complexity index is 203. The van der Waals surface area contributed by atoms with Crippen molar-refractivity contribution in [3.8, 4) is 0 Å². The van der Waals surface area contributed by atoms with E-state index in [0.717, 1.165) is 13.1 Å². The molecule has 4 nitrogen and oxygen atoms in total. The molecule has 1 aliphatic heterocycles. The Kier molecular flexibility index (Phi) is 5.05. The van der Waals surface area contributed by atoms with Crippen LogP contribution in [0.1, 0.15) is 19.8 Å². The van der Waals surface area contributed by atoms with Crippen LogP contribution in [-0.4, -0.2) is 62.1 Å². The summed E-state index contributed by atoms with van der Waals surface area (Å²) in [5.41, 5.74) is 0. The number of likely N-dealkylation sites (tertiary alicyclic amines) is 1. The average molecular weight is 214 g/mol. The number of carbonyl (C=O) groups is 1. The summed E-state index contributed by atoms with van der Waals surface area (Å²) in [6.07, 6.45) is 2.27. The molecular weight excluding hydrogens is 192 g/mol. The molecule has 0 radical (unpaired) electrons. The molecule has 0 spiro atoms. The summed E-state index contributed by atoms with van der Waals surface area (Å²) in [5, 5.41) is 0.